The van der Waals surface area contributed by atoms with E-state index < -0.39 is 0 Å². The maximum Gasteiger partial charge on any atom is 0.250 e. The summed E-state index contributed by atoms with van der Waals surface area (Å²) >= 11 is 1.30. The standard InChI is InChI=1S/C18H20N4OS/c1-13(9-16-7-5-4-6-8-16)11-19-22-17(23)12-24-18-20-14(2)10-15(3)21-18/h4-11H,12H2,1-3H3,(H,22,23)/b13-9-,19-11-. The molecular formula is C18H20N4OS. The van der Waals surface area contributed by atoms with E-state index >= 15 is 0 Å². The van der Waals surface area contributed by atoms with Crippen molar-refractivity contribution in [3.8, 4) is 0 Å². The molecule has 0 saturated carbocycles. The summed E-state index contributed by atoms with van der Waals surface area (Å²) in [7, 11) is 0. The summed E-state index contributed by atoms with van der Waals surface area (Å²) in [5, 5.41) is 4.57. The van der Waals surface area contributed by atoms with Crippen molar-refractivity contribution < 1.29 is 4.79 Å². The van der Waals surface area contributed by atoms with E-state index in [0.717, 1.165) is 22.5 Å². The number of allylic oxidation sites excluding steroid dienone is 1. The fourth-order valence-electron chi connectivity index (χ4n) is 1.98. The Morgan fingerprint density at radius 1 is 1.21 bits per heavy atom. The zero-order valence-electron chi connectivity index (χ0n) is 14.0. The van der Waals surface area contributed by atoms with Crippen molar-refractivity contribution in [2.75, 3.05) is 5.75 Å². The Bertz CT molecular complexity index is 737. The van der Waals surface area contributed by atoms with Gasteiger partial charge in [0.2, 0.25) is 0 Å². The van der Waals surface area contributed by atoms with E-state index in [0.29, 0.717) is 5.16 Å². The Labute approximate surface area is 146 Å². The molecule has 124 valence electrons. The van der Waals surface area contributed by atoms with Crippen LogP contribution in [0.1, 0.15) is 23.9 Å². The van der Waals surface area contributed by atoms with E-state index in [2.05, 4.69) is 20.5 Å². The number of benzene rings is 1. The van der Waals surface area contributed by atoms with Gasteiger partial charge in [0.05, 0.1) is 12.0 Å². The lowest BCUT2D eigenvalue weighted by molar-refractivity contribution is -0.118. The summed E-state index contributed by atoms with van der Waals surface area (Å²) in [6.45, 7) is 5.75. The SMILES string of the molecule is CC(/C=N\NC(=O)CSc1nc(C)cc(C)n1)=C/c1ccccc1. The molecule has 1 amide bonds. The van der Waals surface area contributed by atoms with Gasteiger partial charge in [-0.1, -0.05) is 48.2 Å². The van der Waals surface area contributed by atoms with Crippen LogP contribution in [0, 0.1) is 13.8 Å². The van der Waals surface area contributed by atoms with E-state index in [1.807, 2.05) is 63.2 Å². The summed E-state index contributed by atoms with van der Waals surface area (Å²) in [4.78, 5) is 20.4. The molecule has 5 nitrogen and oxygen atoms in total. The van der Waals surface area contributed by atoms with Gasteiger partial charge in [0, 0.05) is 11.4 Å². The molecule has 0 spiro atoms. The topological polar surface area (TPSA) is 67.2 Å². The number of nitrogens with zero attached hydrogens (tertiary/aromatic N) is 3. The van der Waals surface area contributed by atoms with Crippen molar-refractivity contribution in [2.45, 2.75) is 25.9 Å². The molecule has 1 heterocycles. The monoisotopic (exact) mass is 340 g/mol. The molecule has 2 rings (SSSR count). The van der Waals surface area contributed by atoms with E-state index in [1.165, 1.54) is 11.8 Å². The van der Waals surface area contributed by atoms with Crippen LogP contribution in [0.15, 0.2) is 52.2 Å². The number of thioether (sulfide) groups is 1. The summed E-state index contributed by atoms with van der Waals surface area (Å²) in [6, 6.07) is 11.8. The van der Waals surface area contributed by atoms with Crippen LogP contribution in [-0.2, 0) is 4.79 Å². The number of hydrazone groups is 1. The van der Waals surface area contributed by atoms with Gasteiger partial charge in [-0.05, 0) is 38.0 Å². The number of hydrogen-bond acceptors (Lipinski definition) is 5. The van der Waals surface area contributed by atoms with Crippen molar-refractivity contribution in [3.05, 3.63) is 58.9 Å². The summed E-state index contributed by atoms with van der Waals surface area (Å²) in [5.74, 6) is 0.0355. The largest absolute Gasteiger partial charge is 0.272 e. The molecule has 0 fully saturated rings. The van der Waals surface area contributed by atoms with E-state index in [1.54, 1.807) is 6.21 Å². The zero-order valence-corrected chi connectivity index (χ0v) is 14.8. The van der Waals surface area contributed by atoms with Crippen molar-refractivity contribution in [1.82, 2.24) is 15.4 Å². The number of hydrogen-bond donors (Lipinski definition) is 1. The Kier molecular flexibility index (Phi) is 6.69. The fraction of sp³-hybridized carbons (Fsp3) is 0.222. The van der Waals surface area contributed by atoms with Crippen LogP contribution in [-0.4, -0.2) is 27.8 Å². The summed E-state index contributed by atoms with van der Waals surface area (Å²) in [6.07, 6.45) is 3.62. The Morgan fingerprint density at radius 2 is 1.88 bits per heavy atom. The number of aryl methyl sites for hydroxylation is 2. The molecular weight excluding hydrogens is 320 g/mol. The molecule has 1 aromatic carbocycles. The maximum atomic E-state index is 11.8. The second kappa shape index (κ2) is 8.98. The van der Waals surface area contributed by atoms with E-state index in [9.17, 15) is 4.79 Å². The van der Waals surface area contributed by atoms with Gasteiger partial charge in [0.1, 0.15) is 0 Å². The third-order valence-corrected chi connectivity index (χ3v) is 3.79. The molecule has 0 aliphatic carbocycles. The minimum absolute atomic E-state index is 0.188. The Hall–Kier alpha value is -2.47. The fourth-order valence-corrected chi connectivity index (χ4v) is 2.72. The van der Waals surface area contributed by atoms with Gasteiger partial charge in [0.15, 0.2) is 5.16 Å². The molecule has 0 atom stereocenters. The van der Waals surface area contributed by atoms with Crippen LogP contribution in [0.3, 0.4) is 0 Å². The highest BCUT2D eigenvalue weighted by Gasteiger charge is 2.05. The van der Waals surface area contributed by atoms with Crippen molar-refractivity contribution in [1.29, 1.82) is 0 Å². The molecule has 6 heteroatoms. The van der Waals surface area contributed by atoms with Gasteiger partial charge in [-0.15, -0.1) is 0 Å². The van der Waals surface area contributed by atoms with Gasteiger partial charge >= 0.3 is 0 Å². The van der Waals surface area contributed by atoms with Gasteiger partial charge in [-0.25, -0.2) is 15.4 Å². The predicted molar refractivity (Wildman–Crippen MR) is 99.0 cm³/mol. The lowest BCUT2D eigenvalue weighted by atomic mass is 10.1. The maximum absolute atomic E-state index is 11.8. The van der Waals surface area contributed by atoms with Crippen molar-refractivity contribution in [2.24, 2.45) is 5.10 Å². The molecule has 0 unspecified atom stereocenters. The molecule has 0 aliphatic rings. The Morgan fingerprint density at radius 3 is 2.54 bits per heavy atom. The number of carbonyl (C=O) groups is 1. The second-order valence-electron chi connectivity index (χ2n) is 5.31. The first-order chi connectivity index (χ1) is 11.5. The van der Waals surface area contributed by atoms with Crippen LogP contribution in [0.25, 0.3) is 6.08 Å². The highest BCUT2D eigenvalue weighted by molar-refractivity contribution is 7.99. The molecule has 0 saturated heterocycles. The average molecular weight is 340 g/mol. The zero-order chi connectivity index (χ0) is 17.4. The smallest absolute Gasteiger partial charge is 0.250 e. The van der Waals surface area contributed by atoms with Gasteiger partial charge in [-0.3, -0.25) is 4.79 Å². The van der Waals surface area contributed by atoms with Crippen LogP contribution < -0.4 is 5.43 Å². The highest BCUT2D eigenvalue weighted by Crippen LogP contribution is 2.13. The second-order valence-corrected chi connectivity index (χ2v) is 6.26. The van der Waals surface area contributed by atoms with Crippen molar-refractivity contribution in [3.63, 3.8) is 0 Å². The molecule has 1 aromatic heterocycles. The molecule has 2 aromatic rings. The molecule has 0 radical (unpaired) electrons. The first kappa shape index (κ1) is 17.9. The number of carbonyl (C=O) groups excluding carboxylic acids is 1. The minimum atomic E-state index is -0.188. The summed E-state index contributed by atoms with van der Waals surface area (Å²) < 4.78 is 0. The average Bonchev–Trinajstić information content (AvgIpc) is 2.53. The van der Waals surface area contributed by atoms with Crippen LogP contribution in [0.4, 0.5) is 0 Å². The first-order valence-corrected chi connectivity index (χ1v) is 8.52. The molecule has 0 bridgehead atoms. The number of rotatable bonds is 6. The number of nitrogens with one attached hydrogen (secondary N) is 1. The predicted octanol–water partition coefficient (Wildman–Crippen LogP) is 3.39. The Balaban J connectivity index is 1.81. The lowest BCUT2D eigenvalue weighted by Gasteiger charge is -2.02. The summed E-state index contributed by atoms with van der Waals surface area (Å²) in [5.41, 5.74) is 6.34. The van der Waals surface area contributed by atoms with Crippen LogP contribution in [0.5, 0.6) is 0 Å². The normalized spacial score (nSPS) is 11.7. The van der Waals surface area contributed by atoms with E-state index in [4.69, 9.17) is 0 Å². The van der Waals surface area contributed by atoms with Crippen LogP contribution >= 0.6 is 11.8 Å². The highest BCUT2D eigenvalue weighted by atomic mass is 32.2. The molecule has 0 aliphatic heterocycles. The third kappa shape index (κ3) is 6.34. The minimum Gasteiger partial charge on any atom is -0.272 e. The van der Waals surface area contributed by atoms with Gasteiger partial charge in [0.25, 0.3) is 5.91 Å². The molecule has 1 N–H and O–H groups in total. The van der Waals surface area contributed by atoms with E-state index in [-0.39, 0.29) is 11.7 Å². The third-order valence-electron chi connectivity index (χ3n) is 2.95. The van der Waals surface area contributed by atoms with Gasteiger partial charge < -0.3 is 0 Å². The molecule has 24 heavy (non-hydrogen) atoms. The first-order valence-electron chi connectivity index (χ1n) is 7.53. The van der Waals surface area contributed by atoms with Crippen molar-refractivity contribution >= 4 is 30.0 Å². The van der Waals surface area contributed by atoms with Crippen LogP contribution in [0.2, 0.25) is 0 Å². The number of aromatic nitrogens is 2. The number of amides is 1. The lowest BCUT2D eigenvalue weighted by Crippen LogP contribution is -2.19. The quantitative estimate of drug-likeness (QED) is 0.379. The van der Waals surface area contributed by atoms with Gasteiger partial charge in [-0.2, -0.15) is 5.10 Å².